The fourth-order valence-electron chi connectivity index (χ4n) is 2.77. The van der Waals surface area contributed by atoms with Crippen molar-refractivity contribution in [3.05, 3.63) is 70.8 Å². The van der Waals surface area contributed by atoms with E-state index in [9.17, 15) is 9.90 Å². The lowest BCUT2D eigenvalue weighted by molar-refractivity contribution is 0.0690. The van der Waals surface area contributed by atoms with Gasteiger partial charge in [-0.1, -0.05) is 59.1 Å². The van der Waals surface area contributed by atoms with E-state index in [0.29, 0.717) is 18.1 Å². The zero-order valence-corrected chi connectivity index (χ0v) is 16.9. The lowest BCUT2D eigenvalue weighted by Crippen LogP contribution is -2.01. The van der Waals surface area contributed by atoms with Crippen molar-refractivity contribution in [2.75, 3.05) is 6.61 Å². The van der Waals surface area contributed by atoms with Crippen molar-refractivity contribution in [2.45, 2.75) is 13.3 Å². The van der Waals surface area contributed by atoms with E-state index in [2.05, 4.69) is 32.8 Å². The fraction of sp³-hybridized carbons (Fsp3) is 0.130. The zero-order chi connectivity index (χ0) is 19.9. The van der Waals surface area contributed by atoms with Gasteiger partial charge in [-0.3, -0.25) is 0 Å². The van der Waals surface area contributed by atoms with Gasteiger partial charge in [0.2, 0.25) is 0 Å². The molecule has 1 aromatic heterocycles. The number of aromatic nitrogens is 1. The highest BCUT2D eigenvalue weighted by atomic mass is 79.9. The van der Waals surface area contributed by atoms with Crippen LogP contribution in [0.25, 0.3) is 22.4 Å². The minimum absolute atomic E-state index is 0.00728. The van der Waals surface area contributed by atoms with E-state index in [4.69, 9.17) is 4.74 Å². The molecule has 0 bridgehead atoms. The Morgan fingerprint density at radius 2 is 1.82 bits per heavy atom. The molecule has 140 valence electrons. The van der Waals surface area contributed by atoms with Crippen molar-refractivity contribution in [1.82, 2.24) is 4.98 Å². The molecule has 3 aromatic rings. The molecule has 2 aromatic carbocycles. The standard InChI is InChI=1S/C23H18BrNO3/c1-2-3-6-14-28-22-13-12-16(24)15-19(22)17-8-4-5-9-18(17)20-10-7-11-21(25-20)23(26)27/h4-5,7-13,15H,2,14H2,1H3,(H,26,27). The van der Waals surface area contributed by atoms with Gasteiger partial charge in [-0.05, 0) is 35.9 Å². The molecule has 28 heavy (non-hydrogen) atoms. The lowest BCUT2D eigenvalue weighted by Gasteiger charge is -2.14. The summed E-state index contributed by atoms with van der Waals surface area (Å²) in [5.74, 6) is 5.62. The maximum absolute atomic E-state index is 11.3. The Morgan fingerprint density at radius 3 is 2.57 bits per heavy atom. The average Bonchev–Trinajstić information content (AvgIpc) is 2.72. The van der Waals surface area contributed by atoms with E-state index in [1.807, 2.05) is 49.4 Å². The van der Waals surface area contributed by atoms with E-state index in [1.165, 1.54) is 6.07 Å². The number of benzene rings is 2. The minimum Gasteiger partial charge on any atom is -0.480 e. The Morgan fingerprint density at radius 1 is 1.04 bits per heavy atom. The molecule has 0 saturated carbocycles. The second kappa shape index (κ2) is 9.20. The van der Waals surface area contributed by atoms with Crippen LogP contribution in [0.5, 0.6) is 5.75 Å². The molecule has 1 heterocycles. The first kappa shape index (κ1) is 19.7. The van der Waals surface area contributed by atoms with Crippen LogP contribution in [0, 0.1) is 11.8 Å². The number of hydrogen-bond donors (Lipinski definition) is 1. The molecule has 0 unspecified atom stereocenters. The number of halogens is 1. The number of carboxylic acid groups (broad SMARTS) is 1. The minimum atomic E-state index is -1.06. The van der Waals surface area contributed by atoms with Crippen LogP contribution >= 0.6 is 15.9 Å². The molecule has 3 rings (SSSR count). The molecular weight excluding hydrogens is 418 g/mol. The summed E-state index contributed by atoms with van der Waals surface area (Å²) >= 11 is 3.52. The number of nitrogens with zero attached hydrogens (tertiary/aromatic N) is 1. The number of ether oxygens (including phenoxy) is 1. The lowest BCUT2D eigenvalue weighted by atomic mass is 9.96. The van der Waals surface area contributed by atoms with Crippen LogP contribution in [-0.2, 0) is 0 Å². The van der Waals surface area contributed by atoms with Crippen LogP contribution in [-0.4, -0.2) is 22.7 Å². The van der Waals surface area contributed by atoms with Gasteiger partial charge >= 0.3 is 5.97 Å². The number of carboxylic acids is 1. The average molecular weight is 436 g/mol. The van der Waals surface area contributed by atoms with E-state index in [0.717, 1.165) is 27.6 Å². The summed E-state index contributed by atoms with van der Waals surface area (Å²) in [7, 11) is 0. The first-order chi connectivity index (χ1) is 13.6. The van der Waals surface area contributed by atoms with Crippen molar-refractivity contribution in [1.29, 1.82) is 0 Å². The second-order valence-corrected chi connectivity index (χ2v) is 6.81. The van der Waals surface area contributed by atoms with Gasteiger partial charge in [0.05, 0.1) is 5.69 Å². The third kappa shape index (κ3) is 4.59. The monoisotopic (exact) mass is 435 g/mol. The number of hydrogen-bond acceptors (Lipinski definition) is 3. The molecule has 0 atom stereocenters. The van der Waals surface area contributed by atoms with Crippen molar-refractivity contribution < 1.29 is 14.6 Å². The molecule has 0 aliphatic rings. The van der Waals surface area contributed by atoms with Crippen LogP contribution in [0.2, 0.25) is 0 Å². The summed E-state index contributed by atoms with van der Waals surface area (Å²) in [6.45, 7) is 2.30. The quantitative estimate of drug-likeness (QED) is 0.524. The highest BCUT2D eigenvalue weighted by molar-refractivity contribution is 9.10. The van der Waals surface area contributed by atoms with Crippen molar-refractivity contribution in [3.63, 3.8) is 0 Å². The van der Waals surface area contributed by atoms with Crippen molar-refractivity contribution in [2.24, 2.45) is 0 Å². The maximum Gasteiger partial charge on any atom is 0.354 e. The smallest absolute Gasteiger partial charge is 0.354 e. The van der Waals surface area contributed by atoms with Crippen LogP contribution in [0.4, 0.5) is 0 Å². The SMILES string of the molecule is CCC#CCOc1ccc(Br)cc1-c1ccccc1-c1cccc(C(=O)O)n1. The first-order valence-corrected chi connectivity index (χ1v) is 9.57. The second-order valence-electron chi connectivity index (χ2n) is 5.90. The normalized spacial score (nSPS) is 10.1. The molecule has 0 radical (unpaired) electrons. The molecule has 0 aliphatic carbocycles. The molecule has 0 spiro atoms. The maximum atomic E-state index is 11.3. The van der Waals surface area contributed by atoms with E-state index < -0.39 is 5.97 Å². The predicted molar refractivity (Wildman–Crippen MR) is 113 cm³/mol. The van der Waals surface area contributed by atoms with Gasteiger partial charge in [-0.15, -0.1) is 5.92 Å². The summed E-state index contributed by atoms with van der Waals surface area (Å²) in [5.41, 5.74) is 3.20. The Labute approximate surface area is 172 Å². The van der Waals surface area contributed by atoms with Crippen LogP contribution in [0.15, 0.2) is 65.1 Å². The summed E-state index contributed by atoms with van der Waals surface area (Å²) < 4.78 is 6.81. The largest absolute Gasteiger partial charge is 0.480 e. The Balaban J connectivity index is 2.09. The summed E-state index contributed by atoms with van der Waals surface area (Å²) in [4.78, 5) is 15.6. The number of pyridine rings is 1. The zero-order valence-electron chi connectivity index (χ0n) is 15.3. The van der Waals surface area contributed by atoms with E-state index >= 15 is 0 Å². The van der Waals surface area contributed by atoms with Crippen molar-refractivity contribution in [3.8, 4) is 40.0 Å². The van der Waals surface area contributed by atoms with Gasteiger partial charge in [0.15, 0.2) is 0 Å². The fourth-order valence-corrected chi connectivity index (χ4v) is 3.13. The highest BCUT2D eigenvalue weighted by Gasteiger charge is 2.14. The molecule has 1 N–H and O–H groups in total. The molecule has 0 saturated heterocycles. The molecule has 4 nitrogen and oxygen atoms in total. The van der Waals surface area contributed by atoms with Crippen LogP contribution in [0.1, 0.15) is 23.8 Å². The molecule has 5 heteroatoms. The molecule has 0 aliphatic heterocycles. The Kier molecular flexibility index (Phi) is 6.46. The highest BCUT2D eigenvalue weighted by Crippen LogP contribution is 2.38. The van der Waals surface area contributed by atoms with Crippen LogP contribution in [0.3, 0.4) is 0 Å². The summed E-state index contributed by atoms with van der Waals surface area (Å²) in [5, 5.41) is 9.26. The Hall–Kier alpha value is -3.10. The third-order valence-corrected chi connectivity index (χ3v) is 4.50. The van der Waals surface area contributed by atoms with Gasteiger partial charge in [0, 0.05) is 22.0 Å². The third-order valence-electron chi connectivity index (χ3n) is 4.00. The molecule has 0 amide bonds. The predicted octanol–water partition coefficient (Wildman–Crippen LogP) is 5.67. The van der Waals surface area contributed by atoms with E-state index in [-0.39, 0.29) is 5.69 Å². The van der Waals surface area contributed by atoms with Gasteiger partial charge in [0.25, 0.3) is 0 Å². The summed E-state index contributed by atoms with van der Waals surface area (Å²) in [6.07, 6.45) is 0.783. The van der Waals surface area contributed by atoms with Crippen LogP contribution < -0.4 is 4.74 Å². The first-order valence-electron chi connectivity index (χ1n) is 8.78. The number of rotatable bonds is 5. The molecule has 0 fully saturated rings. The topological polar surface area (TPSA) is 59.4 Å². The Bertz CT molecular complexity index is 1070. The van der Waals surface area contributed by atoms with Crippen molar-refractivity contribution >= 4 is 21.9 Å². The van der Waals surface area contributed by atoms with Gasteiger partial charge in [0.1, 0.15) is 18.1 Å². The van der Waals surface area contributed by atoms with Gasteiger partial charge in [-0.25, -0.2) is 9.78 Å². The van der Waals surface area contributed by atoms with Gasteiger partial charge in [-0.2, -0.15) is 0 Å². The van der Waals surface area contributed by atoms with Gasteiger partial charge < -0.3 is 9.84 Å². The number of aromatic carboxylic acids is 1. The number of carbonyl (C=O) groups is 1. The summed E-state index contributed by atoms with van der Waals surface area (Å²) in [6, 6.07) is 18.5. The van der Waals surface area contributed by atoms with E-state index in [1.54, 1.807) is 12.1 Å². The molecular formula is C23H18BrNO3.